The van der Waals surface area contributed by atoms with Crippen LogP contribution in [0.15, 0.2) is 36.7 Å². The van der Waals surface area contributed by atoms with E-state index in [4.69, 9.17) is 3.67 Å². The van der Waals surface area contributed by atoms with E-state index in [1.54, 1.807) is 12.4 Å². The Labute approximate surface area is 125 Å². The summed E-state index contributed by atoms with van der Waals surface area (Å²) >= 11 is 1.06. The van der Waals surface area contributed by atoms with Crippen molar-refractivity contribution in [1.82, 2.24) is 0 Å². The first kappa shape index (κ1) is 19.8. The second-order valence-electron chi connectivity index (χ2n) is 3.22. The van der Waals surface area contributed by atoms with Gasteiger partial charge in [-0.2, -0.15) is 12.4 Å². The molecule has 0 radical (unpaired) electrons. The van der Waals surface area contributed by atoms with Gasteiger partial charge in [0.1, 0.15) is 0 Å². The van der Waals surface area contributed by atoms with E-state index >= 15 is 0 Å². The van der Waals surface area contributed by atoms with Crippen LogP contribution in [-0.2, 0) is 21.0 Å². The van der Waals surface area contributed by atoms with Gasteiger partial charge in [0.2, 0.25) is 0 Å². The van der Waals surface area contributed by atoms with Crippen molar-refractivity contribution >= 4 is 23.5 Å². The van der Waals surface area contributed by atoms with Gasteiger partial charge in [0.15, 0.2) is 0 Å². The van der Waals surface area contributed by atoms with Gasteiger partial charge in [-0.15, -0.1) is 11.4 Å². The average Bonchev–Trinajstić information content (AvgIpc) is 2.41. The third-order valence-corrected chi connectivity index (χ3v) is 2.34. The third kappa shape index (κ3) is 3.95. The number of fused-ring (bicyclic) bond motifs is 3. The van der Waals surface area contributed by atoms with Gasteiger partial charge in [0.05, 0.1) is 0 Å². The van der Waals surface area contributed by atoms with Gasteiger partial charge < -0.3 is 32.9 Å². The molecule has 2 aliphatic heterocycles. The Morgan fingerprint density at radius 1 is 0.737 bits per heavy atom. The van der Waals surface area contributed by atoms with Gasteiger partial charge >= 0.3 is 21.0 Å². The van der Waals surface area contributed by atoms with Crippen molar-refractivity contribution in [3.05, 3.63) is 80.0 Å². The van der Waals surface area contributed by atoms with Gasteiger partial charge in [-0.1, -0.05) is 36.4 Å². The Morgan fingerprint density at radius 2 is 1.11 bits per heavy atom. The monoisotopic (exact) mass is 292 g/mol. The van der Waals surface area contributed by atoms with Crippen LogP contribution < -0.4 is 10.4 Å². The van der Waals surface area contributed by atoms with E-state index < -0.39 is 0 Å². The molecule has 0 N–H and O–H groups in total. The van der Waals surface area contributed by atoms with Crippen molar-refractivity contribution in [1.29, 1.82) is 0 Å². The van der Waals surface area contributed by atoms with Crippen LogP contribution in [-0.4, -0.2) is 0 Å². The van der Waals surface area contributed by atoms with Crippen LogP contribution in [0.25, 0.3) is 22.8 Å². The Morgan fingerprint density at radius 3 is 1.47 bits per heavy atom. The Hall–Kier alpha value is -1.58. The molecular weight excluding hydrogens is 275 g/mol. The maximum atomic E-state index is 8.19. The molecule has 0 bridgehead atoms. The summed E-state index contributed by atoms with van der Waals surface area (Å²) in [4.78, 5) is 0. The van der Waals surface area contributed by atoms with E-state index in [0.717, 1.165) is 39.2 Å². The average molecular weight is 292 g/mol. The molecule has 0 amide bonds. The maximum absolute atomic E-state index is 8.19. The van der Waals surface area contributed by atoms with Gasteiger partial charge in [-0.25, -0.2) is 0 Å². The van der Waals surface area contributed by atoms with Crippen molar-refractivity contribution in [3.8, 4) is 0 Å². The number of benzene rings is 1. The zero-order valence-electron chi connectivity index (χ0n) is 11.4. The van der Waals surface area contributed by atoms with Crippen LogP contribution in [0.4, 0.5) is 11.4 Å². The summed E-state index contributed by atoms with van der Waals surface area (Å²) in [6.07, 6.45) is 11.6. The minimum absolute atomic E-state index is 0. The van der Waals surface area contributed by atoms with Crippen molar-refractivity contribution in [2.24, 2.45) is 0 Å². The molecule has 0 aliphatic carbocycles. The number of hydrogen-bond donors (Lipinski definition) is 0. The second kappa shape index (κ2) is 9.37. The van der Waals surface area contributed by atoms with Crippen LogP contribution in [0.5, 0.6) is 0 Å². The topological polar surface area (TPSA) is 45.3 Å². The Bertz CT molecular complexity index is 526. The Kier molecular flexibility index (Phi) is 9.74. The zero-order chi connectivity index (χ0) is 11.4. The summed E-state index contributed by atoms with van der Waals surface area (Å²) in [7, 11) is 0. The molecule has 1 aromatic carbocycles. The molecule has 0 fully saturated rings. The van der Waals surface area contributed by atoms with Gasteiger partial charge in [-0.3, -0.25) is 0 Å². The quantitative estimate of drug-likeness (QED) is 0.674. The van der Waals surface area contributed by atoms with E-state index in [-0.39, 0.29) is 22.3 Å². The summed E-state index contributed by atoms with van der Waals surface area (Å²) < 4.78 is 8.19. The SMILES string of the molecule is C1=C[N-]c2c3c(ccc2=C1)=CC=C[N-]3.[CH3-].[CH3-].[CH3-].[O]=[V]. The standard InChI is InChI=1S/C12H8N2.3CH3.O.V/c1-3-9-5-6-10-4-2-8-14-12(10)11(9)13-7-1;;;;;/h1-8H;3*1H3;;/q-2;3*-1;;. The van der Waals surface area contributed by atoms with Gasteiger partial charge in [0.25, 0.3) is 0 Å². The van der Waals surface area contributed by atoms with Gasteiger partial charge in [-0.05, 0) is 10.4 Å². The van der Waals surface area contributed by atoms with Crippen molar-refractivity contribution in [2.75, 3.05) is 0 Å². The summed E-state index contributed by atoms with van der Waals surface area (Å²) in [5.74, 6) is 0. The van der Waals surface area contributed by atoms with E-state index in [1.807, 2.05) is 12.2 Å². The number of hydrogen-bond acceptors (Lipinski definition) is 1. The molecule has 0 atom stereocenters. The van der Waals surface area contributed by atoms with Crippen LogP contribution in [0.3, 0.4) is 0 Å². The first-order valence-electron chi connectivity index (χ1n) is 4.72. The Balaban J connectivity index is 0. The molecule has 2 aliphatic rings. The molecule has 4 heteroatoms. The van der Waals surface area contributed by atoms with Crippen molar-refractivity contribution in [2.45, 2.75) is 0 Å². The molecule has 3 rings (SSSR count). The van der Waals surface area contributed by atoms with Crippen molar-refractivity contribution < 1.29 is 21.0 Å². The molecular formula is C15H17N2OV-5. The molecule has 0 aromatic heterocycles. The fourth-order valence-corrected chi connectivity index (χ4v) is 1.68. The number of allylic oxidation sites excluding steroid dienone is 2. The summed E-state index contributed by atoms with van der Waals surface area (Å²) in [5, 5.41) is 11.0. The number of nitrogens with zero attached hydrogens (tertiary/aromatic N) is 2. The minimum atomic E-state index is 0. The second-order valence-corrected chi connectivity index (χ2v) is 3.22. The van der Waals surface area contributed by atoms with Crippen LogP contribution in [0.1, 0.15) is 0 Å². The van der Waals surface area contributed by atoms with E-state index in [2.05, 4.69) is 34.9 Å². The first-order valence-corrected chi connectivity index (χ1v) is 5.29. The first-order chi connectivity index (χ1) is 7.95. The molecule has 0 unspecified atom stereocenters. The van der Waals surface area contributed by atoms with E-state index in [9.17, 15) is 0 Å². The summed E-state index contributed by atoms with van der Waals surface area (Å²) in [5.41, 5.74) is 1.95. The predicted octanol–water partition coefficient (Wildman–Crippen LogP) is 3.54. The molecule has 1 aromatic rings. The van der Waals surface area contributed by atoms with E-state index in [0.29, 0.717) is 0 Å². The summed E-state index contributed by atoms with van der Waals surface area (Å²) in [6, 6.07) is 4.15. The van der Waals surface area contributed by atoms with Crippen molar-refractivity contribution in [3.63, 3.8) is 0 Å². The number of rotatable bonds is 0. The molecule has 103 valence electrons. The van der Waals surface area contributed by atoms with Gasteiger partial charge in [0, 0.05) is 0 Å². The molecule has 2 heterocycles. The zero-order valence-corrected chi connectivity index (χ0v) is 12.8. The third-order valence-electron chi connectivity index (χ3n) is 2.34. The fraction of sp³-hybridized carbons (Fsp3) is 0. The summed E-state index contributed by atoms with van der Waals surface area (Å²) in [6.45, 7) is 0. The van der Waals surface area contributed by atoms with Crippen LogP contribution in [0, 0.1) is 22.3 Å². The molecule has 0 saturated carbocycles. The van der Waals surface area contributed by atoms with Crippen LogP contribution in [0.2, 0.25) is 0 Å². The predicted molar refractivity (Wildman–Crippen MR) is 78.9 cm³/mol. The molecule has 3 nitrogen and oxygen atoms in total. The normalized spacial score (nSPS) is 11.5. The molecule has 0 spiro atoms. The van der Waals surface area contributed by atoms with E-state index in [1.165, 1.54) is 0 Å². The molecule has 0 saturated heterocycles. The fourth-order valence-electron chi connectivity index (χ4n) is 1.68. The van der Waals surface area contributed by atoms with Crippen LogP contribution >= 0.6 is 0 Å². The molecule has 19 heavy (non-hydrogen) atoms.